The van der Waals surface area contributed by atoms with Gasteiger partial charge in [-0.1, -0.05) is 5.92 Å². The van der Waals surface area contributed by atoms with Gasteiger partial charge in [0.2, 0.25) is 0 Å². The summed E-state index contributed by atoms with van der Waals surface area (Å²) in [6.07, 6.45) is 0. The second-order valence-electron chi connectivity index (χ2n) is 2.58. The maximum atomic E-state index is 11.0. The van der Waals surface area contributed by atoms with E-state index in [0.29, 0.717) is 12.4 Å². The molecule has 0 aliphatic carbocycles. The molecule has 15 heavy (non-hydrogen) atoms. The minimum atomic E-state index is -0.498. The topological polar surface area (TPSA) is 64.1 Å². The van der Waals surface area contributed by atoms with E-state index in [9.17, 15) is 4.79 Å². The number of hydrogen-bond donors (Lipinski definition) is 1. The minimum absolute atomic E-state index is 0.185. The fraction of sp³-hybridized carbons (Fsp3) is 0.300. The van der Waals surface area contributed by atoms with Crippen LogP contribution in [-0.2, 0) is 4.74 Å². The third kappa shape index (κ3) is 3.27. The molecule has 0 radical (unpaired) electrons. The molecule has 0 spiro atoms. The van der Waals surface area contributed by atoms with Gasteiger partial charge in [0.05, 0.1) is 13.7 Å². The average Bonchev–Trinajstić information content (AvgIpc) is 2.29. The number of rotatable bonds is 3. The average molecular weight is 205 g/mol. The number of anilines is 1. The molecule has 0 amide bonds. The van der Waals surface area contributed by atoms with Gasteiger partial charge in [-0.2, -0.15) is 0 Å². The molecule has 1 rings (SSSR count). The van der Waals surface area contributed by atoms with Crippen molar-refractivity contribution in [3.8, 4) is 11.8 Å². The first-order chi connectivity index (χ1) is 7.27. The molecule has 1 N–H and O–H groups in total. The van der Waals surface area contributed by atoms with Gasteiger partial charge in [-0.3, -0.25) is 0 Å². The smallest absolute Gasteiger partial charge is 0.358 e. The number of hydrogen-bond acceptors (Lipinski definition) is 5. The number of carbonyl (C=O) groups is 1. The summed E-state index contributed by atoms with van der Waals surface area (Å²) in [6, 6.07) is 3.19. The SMILES string of the molecule is CC#CCNc1ccc(C(=O)OC)nn1. The Morgan fingerprint density at radius 1 is 1.53 bits per heavy atom. The van der Waals surface area contributed by atoms with E-state index in [1.807, 2.05) is 0 Å². The Kier molecular flexibility index (Phi) is 4.10. The lowest BCUT2D eigenvalue weighted by Gasteiger charge is -2.00. The van der Waals surface area contributed by atoms with Crippen LogP contribution in [-0.4, -0.2) is 29.8 Å². The summed E-state index contributed by atoms with van der Waals surface area (Å²) >= 11 is 0. The number of methoxy groups -OCH3 is 1. The fourth-order valence-electron chi connectivity index (χ4n) is 0.863. The van der Waals surface area contributed by atoms with Crippen LogP contribution in [0, 0.1) is 11.8 Å². The van der Waals surface area contributed by atoms with Gasteiger partial charge in [0.1, 0.15) is 5.82 Å². The van der Waals surface area contributed by atoms with Crippen LogP contribution < -0.4 is 5.32 Å². The molecule has 0 aliphatic heterocycles. The highest BCUT2D eigenvalue weighted by Gasteiger charge is 2.06. The molecule has 0 bridgehead atoms. The van der Waals surface area contributed by atoms with Crippen molar-refractivity contribution in [2.45, 2.75) is 6.92 Å². The lowest BCUT2D eigenvalue weighted by Crippen LogP contribution is -2.08. The first-order valence-corrected chi connectivity index (χ1v) is 4.33. The highest BCUT2D eigenvalue weighted by molar-refractivity contribution is 5.86. The zero-order chi connectivity index (χ0) is 11.1. The number of nitrogens with zero attached hydrogens (tertiary/aromatic N) is 2. The first-order valence-electron chi connectivity index (χ1n) is 4.33. The van der Waals surface area contributed by atoms with E-state index in [1.54, 1.807) is 19.1 Å². The Labute approximate surface area is 87.9 Å². The highest BCUT2D eigenvalue weighted by Crippen LogP contribution is 2.02. The standard InChI is InChI=1S/C10H11N3O2/c1-3-4-7-11-9-6-5-8(12-13-9)10(14)15-2/h5-6H,7H2,1-2H3,(H,11,13). The van der Waals surface area contributed by atoms with Crippen LogP contribution in [0.3, 0.4) is 0 Å². The number of aromatic nitrogens is 2. The van der Waals surface area contributed by atoms with Crippen molar-refractivity contribution in [3.05, 3.63) is 17.8 Å². The molecule has 0 saturated carbocycles. The largest absolute Gasteiger partial charge is 0.464 e. The van der Waals surface area contributed by atoms with Crippen molar-refractivity contribution in [1.29, 1.82) is 0 Å². The Hall–Kier alpha value is -2.09. The summed E-state index contributed by atoms with van der Waals surface area (Å²) in [5.74, 6) is 5.64. The normalized spacial score (nSPS) is 8.67. The van der Waals surface area contributed by atoms with E-state index in [1.165, 1.54) is 7.11 Å². The molecule has 5 heteroatoms. The van der Waals surface area contributed by atoms with Gasteiger partial charge in [0.25, 0.3) is 0 Å². The highest BCUT2D eigenvalue weighted by atomic mass is 16.5. The summed E-state index contributed by atoms with van der Waals surface area (Å²) in [5.41, 5.74) is 0.185. The second-order valence-corrected chi connectivity index (χ2v) is 2.58. The predicted molar refractivity (Wildman–Crippen MR) is 55.3 cm³/mol. The minimum Gasteiger partial charge on any atom is -0.464 e. The van der Waals surface area contributed by atoms with Crippen LogP contribution >= 0.6 is 0 Å². The van der Waals surface area contributed by atoms with Gasteiger partial charge in [0.15, 0.2) is 5.69 Å². The summed E-state index contributed by atoms with van der Waals surface area (Å²) in [4.78, 5) is 11.0. The molecule has 5 nitrogen and oxygen atoms in total. The van der Waals surface area contributed by atoms with E-state index in [2.05, 4.69) is 32.1 Å². The van der Waals surface area contributed by atoms with Crippen LogP contribution in [0.25, 0.3) is 0 Å². The maximum Gasteiger partial charge on any atom is 0.358 e. The van der Waals surface area contributed by atoms with E-state index in [-0.39, 0.29) is 5.69 Å². The summed E-state index contributed by atoms with van der Waals surface area (Å²) in [7, 11) is 1.30. The molecular weight excluding hydrogens is 194 g/mol. The molecule has 1 heterocycles. The van der Waals surface area contributed by atoms with Crippen molar-refractivity contribution in [3.63, 3.8) is 0 Å². The van der Waals surface area contributed by atoms with Crippen LogP contribution in [0.5, 0.6) is 0 Å². The summed E-state index contributed by atoms with van der Waals surface area (Å²) in [6.45, 7) is 2.26. The molecule has 0 unspecified atom stereocenters. The second kappa shape index (κ2) is 5.60. The Bertz CT molecular complexity index is 389. The van der Waals surface area contributed by atoms with Crippen LogP contribution in [0.2, 0.25) is 0 Å². The van der Waals surface area contributed by atoms with Crippen LogP contribution in [0.1, 0.15) is 17.4 Å². The predicted octanol–water partition coefficient (Wildman–Crippen LogP) is 0.698. The van der Waals surface area contributed by atoms with E-state index < -0.39 is 5.97 Å². The van der Waals surface area contributed by atoms with Crippen molar-refractivity contribution in [1.82, 2.24) is 10.2 Å². The third-order valence-electron chi connectivity index (χ3n) is 1.59. The van der Waals surface area contributed by atoms with E-state index >= 15 is 0 Å². The number of ether oxygens (including phenoxy) is 1. The Morgan fingerprint density at radius 2 is 2.33 bits per heavy atom. The van der Waals surface area contributed by atoms with Crippen molar-refractivity contribution < 1.29 is 9.53 Å². The maximum absolute atomic E-state index is 11.0. The van der Waals surface area contributed by atoms with E-state index in [4.69, 9.17) is 0 Å². The van der Waals surface area contributed by atoms with E-state index in [0.717, 1.165) is 0 Å². The quantitative estimate of drug-likeness (QED) is 0.581. The number of esters is 1. The third-order valence-corrected chi connectivity index (χ3v) is 1.59. The lowest BCUT2D eigenvalue weighted by atomic mass is 10.4. The molecule has 0 fully saturated rings. The molecular formula is C10H11N3O2. The monoisotopic (exact) mass is 205 g/mol. The Balaban J connectivity index is 2.62. The van der Waals surface area contributed by atoms with Crippen molar-refractivity contribution in [2.75, 3.05) is 19.0 Å². The van der Waals surface area contributed by atoms with Gasteiger partial charge in [0, 0.05) is 0 Å². The first kappa shape index (κ1) is 11.0. The Morgan fingerprint density at radius 3 is 2.87 bits per heavy atom. The molecule has 1 aromatic heterocycles. The molecule has 0 aromatic carbocycles. The zero-order valence-corrected chi connectivity index (χ0v) is 8.57. The van der Waals surface area contributed by atoms with Gasteiger partial charge in [-0.15, -0.1) is 16.1 Å². The molecule has 0 aliphatic rings. The fourth-order valence-corrected chi connectivity index (χ4v) is 0.863. The molecule has 0 saturated heterocycles. The van der Waals surface area contributed by atoms with Crippen molar-refractivity contribution >= 4 is 11.8 Å². The van der Waals surface area contributed by atoms with Crippen LogP contribution in [0.15, 0.2) is 12.1 Å². The summed E-state index contributed by atoms with van der Waals surface area (Å²) < 4.78 is 4.49. The van der Waals surface area contributed by atoms with Gasteiger partial charge >= 0.3 is 5.97 Å². The van der Waals surface area contributed by atoms with Gasteiger partial charge in [-0.05, 0) is 19.1 Å². The molecule has 0 atom stereocenters. The molecule has 1 aromatic rings. The number of carbonyl (C=O) groups excluding carboxylic acids is 1. The summed E-state index contributed by atoms with van der Waals surface area (Å²) in [5, 5.41) is 10.4. The van der Waals surface area contributed by atoms with Gasteiger partial charge < -0.3 is 10.1 Å². The van der Waals surface area contributed by atoms with Crippen molar-refractivity contribution in [2.24, 2.45) is 0 Å². The molecule has 78 valence electrons. The van der Waals surface area contributed by atoms with Gasteiger partial charge in [-0.25, -0.2) is 4.79 Å². The van der Waals surface area contributed by atoms with Crippen LogP contribution in [0.4, 0.5) is 5.82 Å². The lowest BCUT2D eigenvalue weighted by molar-refractivity contribution is 0.0593. The zero-order valence-electron chi connectivity index (χ0n) is 8.57. The number of nitrogens with one attached hydrogen (secondary N) is 1.